The monoisotopic (exact) mass is 244 g/mol. The van der Waals surface area contributed by atoms with Crippen LogP contribution >= 0.6 is 0 Å². The lowest BCUT2D eigenvalue weighted by Crippen LogP contribution is -2.47. The molecule has 1 atom stereocenters. The topological polar surface area (TPSA) is 133 Å². The van der Waals surface area contributed by atoms with Gasteiger partial charge in [0, 0.05) is 6.54 Å². The number of amides is 3. The van der Waals surface area contributed by atoms with Crippen LogP contribution in [0.1, 0.15) is 19.8 Å². The summed E-state index contributed by atoms with van der Waals surface area (Å²) in [5, 5.41) is 0. The Bertz CT molecular complexity index is 277. The predicted molar refractivity (Wildman–Crippen MR) is 62.4 cm³/mol. The second kappa shape index (κ2) is 7.61. The van der Waals surface area contributed by atoms with Crippen LogP contribution in [-0.4, -0.2) is 42.3 Å². The summed E-state index contributed by atoms with van der Waals surface area (Å²) in [5.74, 6) is -2.13. The fraction of sp³-hybridized carbons (Fsp3) is 0.700. The van der Waals surface area contributed by atoms with Gasteiger partial charge in [-0.05, 0) is 6.42 Å². The maximum Gasteiger partial charge on any atom is 0.237 e. The second-order valence-corrected chi connectivity index (χ2v) is 3.85. The first-order chi connectivity index (χ1) is 7.92. The number of nitrogens with two attached hydrogens (primary N) is 3. The molecule has 1 unspecified atom stereocenters. The molecule has 0 aromatic carbocycles. The van der Waals surface area contributed by atoms with Crippen molar-refractivity contribution < 1.29 is 14.4 Å². The first kappa shape index (κ1) is 15.4. The molecule has 17 heavy (non-hydrogen) atoms. The number of primary amides is 2. The summed E-state index contributed by atoms with van der Waals surface area (Å²) >= 11 is 0. The van der Waals surface area contributed by atoms with Crippen molar-refractivity contribution in [2.75, 3.05) is 19.6 Å². The molecule has 0 aromatic heterocycles. The maximum atomic E-state index is 12.0. The van der Waals surface area contributed by atoms with E-state index in [4.69, 9.17) is 17.2 Å². The van der Waals surface area contributed by atoms with Crippen LogP contribution in [0.25, 0.3) is 0 Å². The average Bonchev–Trinajstić information content (AvgIpc) is 2.22. The minimum atomic E-state index is -0.688. The molecule has 7 heteroatoms. The van der Waals surface area contributed by atoms with Gasteiger partial charge in [-0.15, -0.1) is 0 Å². The van der Waals surface area contributed by atoms with E-state index in [0.29, 0.717) is 6.42 Å². The fourth-order valence-electron chi connectivity index (χ4n) is 1.54. The van der Waals surface area contributed by atoms with Crippen LogP contribution in [0.5, 0.6) is 0 Å². The Labute approximate surface area is 100 Å². The molecule has 0 aliphatic rings. The van der Waals surface area contributed by atoms with Crippen LogP contribution in [0.3, 0.4) is 0 Å². The lowest BCUT2D eigenvalue weighted by atomic mass is 10.0. The van der Waals surface area contributed by atoms with Crippen LogP contribution in [0, 0.1) is 5.92 Å². The summed E-state index contributed by atoms with van der Waals surface area (Å²) in [6.07, 6.45) is 1.39. The lowest BCUT2D eigenvalue weighted by Gasteiger charge is -2.24. The van der Waals surface area contributed by atoms with E-state index in [1.54, 1.807) is 0 Å². The van der Waals surface area contributed by atoms with Crippen LogP contribution in [0.2, 0.25) is 0 Å². The molecule has 0 saturated heterocycles. The van der Waals surface area contributed by atoms with Gasteiger partial charge in [-0.2, -0.15) is 0 Å². The molecule has 0 radical (unpaired) electrons. The fourth-order valence-corrected chi connectivity index (χ4v) is 1.54. The standard InChI is InChI=1S/C10H20N4O3/c1-2-3-7(4-11)10(17)14(5-8(12)15)6-9(13)16/h7H,2-6,11H2,1H3,(H2,12,15)(H2,13,16). The molecule has 0 aromatic rings. The van der Waals surface area contributed by atoms with E-state index >= 15 is 0 Å². The molecule has 0 saturated carbocycles. The minimum Gasteiger partial charge on any atom is -0.368 e. The van der Waals surface area contributed by atoms with E-state index in [-0.39, 0.29) is 25.5 Å². The normalized spacial score (nSPS) is 11.9. The minimum absolute atomic E-state index is 0.167. The molecular formula is C10H20N4O3. The van der Waals surface area contributed by atoms with E-state index in [1.807, 2.05) is 6.92 Å². The summed E-state index contributed by atoms with van der Waals surface area (Å²) in [6.45, 7) is 1.45. The van der Waals surface area contributed by atoms with Crippen LogP contribution in [0.15, 0.2) is 0 Å². The molecule has 0 fully saturated rings. The van der Waals surface area contributed by atoms with Gasteiger partial charge in [0.15, 0.2) is 0 Å². The molecule has 3 amide bonds. The van der Waals surface area contributed by atoms with Crippen LogP contribution in [0.4, 0.5) is 0 Å². The number of nitrogens with zero attached hydrogens (tertiary/aromatic N) is 1. The van der Waals surface area contributed by atoms with Gasteiger partial charge in [-0.1, -0.05) is 13.3 Å². The zero-order valence-corrected chi connectivity index (χ0v) is 10.0. The highest BCUT2D eigenvalue weighted by molar-refractivity contribution is 5.89. The van der Waals surface area contributed by atoms with E-state index < -0.39 is 17.7 Å². The van der Waals surface area contributed by atoms with E-state index in [1.165, 1.54) is 0 Å². The van der Waals surface area contributed by atoms with Crippen molar-refractivity contribution in [3.8, 4) is 0 Å². The quantitative estimate of drug-likeness (QED) is 0.462. The molecule has 0 aliphatic carbocycles. The van der Waals surface area contributed by atoms with Crippen LogP contribution in [-0.2, 0) is 14.4 Å². The predicted octanol–water partition coefficient (Wildman–Crippen LogP) is -1.84. The molecule has 0 bridgehead atoms. The first-order valence-corrected chi connectivity index (χ1v) is 5.47. The average molecular weight is 244 g/mol. The summed E-state index contributed by atoms with van der Waals surface area (Å²) in [5.41, 5.74) is 15.5. The van der Waals surface area contributed by atoms with Gasteiger partial charge >= 0.3 is 0 Å². The second-order valence-electron chi connectivity index (χ2n) is 3.85. The van der Waals surface area contributed by atoms with Gasteiger partial charge in [0.2, 0.25) is 17.7 Å². The number of carbonyl (C=O) groups excluding carboxylic acids is 3. The van der Waals surface area contributed by atoms with E-state index in [0.717, 1.165) is 11.3 Å². The van der Waals surface area contributed by atoms with Gasteiger partial charge in [-0.3, -0.25) is 14.4 Å². The van der Waals surface area contributed by atoms with E-state index in [2.05, 4.69) is 0 Å². The van der Waals surface area contributed by atoms with Crippen molar-refractivity contribution in [3.63, 3.8) is 0 Å². The van der Waals surface area contributed by atoms with Gasteiger partial charge < -0.3 is 22.1 Å². The molecule has 7 nitrogen and oxygen atoms in total. The Hall–Kier alpha value is -1.63. The zero-order chi connectivity index (χ0) is 13.4. The van der Waals surface area contributed by atoms with Gasteiger partial charge in [-0.25, -0.2) is 0 Å². The number of hydrogen-bond donors (Lipinski definition) is 3. The highest BCUT2D eigenvalue weighted by Crippen LogP contribution is 2.09. The largest absolute Gasteiger partial charge is 0.368 e. The number of carbonyl (C=O) groups is 3. The zero-order valence-electron chi connectivity index (χ0n) is 10.0. The third-order valence-corrected chi connectivity index (χ3v) is 2.28. The van der Waals surface area contributed by atoms with Crippen molar-refractivity contribution in [2.45, 2.75) is 19.8 Å². The maximum absolute atomic E-state index is 12.0. The van der Waals surface area contributed by atoms with Crippen molar-refractivity contribution in [1.29, 1.82) is 0 Å². The van der Waals surface area contributed by atoms with Gasteiger partial charge in [0.05, 0.1) is 19.0 Å². The van der Waals surface area contributed by atoms with Gasteiger partial charge in [0.25, 0.3) is 0 Å². The van der Waals surface area contributed by atoms with Crippen molar-refractivity contribution >= 4 is 17.7 Å². The summed E-state index contributed by atoms with van der Waals surface area (Å²) in [6, 6.07) is 0. The molecule has 0 aliphatic heterocycles. The Morgan fingerprint density at radius 1 is 1.12 bits per heavy atom. The van der Waals surface area contributed by atoms with E-state index in [9.17, 15) is 14.4 Å². The first-order valence-electron chi connectivity index (χ1n) is 5.47. The van der Waals surface area contributed by atoms with Crippen molar-refractivity contribution in [3.05, 3.63) is 0 Å². The lowest BCUT2D eigenvalue weighted by molar-refractivity contribution is -0.141. The van der Waals surface area contributed by atoms with Crippen LogP contribution < -0.4 is 17.2 Å². The summed E-state index contributed by atoms with van der Waals surface area (Å²) < 4.78 is 0. The highest BCUT2D eigenvalue weighted by atomic mass is 16.2. The highest BCUT2D eigenvalue weighted by Gasteiger charge is 2.24. The summed E-state index contributed by atoms with van der Waals surface area (Å²) in [7, 11) is 0. The molecule has 6 N–H and O–H groups in total. The SMILES string of the molecule is CCCC(CN)C(=O)N(CC(N)=O)CC(N)=O. The van der Waals surface area contributed by atoms with Crippen molar-refractivity contribution in [1.82, 2.24) is 4.90 Å². The van der Waals surface area contributed by atoms with Gasteiger partial charge in [0.1, 0.15) is 0 Å². The molecule has 98 valence electrons. The smallest absolute Gasteiger partial charge is 0.237 e. The molecule has 0 heterocycles. The number of rotatable bonds is 8. The Balaban J connectivity index is 4.69. The molecule has 0 rings (SSSR count). The number of hydrogen-bond acceptors (Lipinski definition) is 4. The Morgan fingerprint density at radius 2 is 1.59 bits per heavy atom. The molecule has 0 spiro atoms. The summed E-state index contributed by atoms with van der Waals surface area (Å²) in [4.78, 5) is 34.6. The third kappa shape index (κ3) is 5.86. The molecular weight excluding hydrogens is 224 g/mol. The van der Waals surface area contributed by atoms with Crippen molar-refractivity contribution in [2.24, 2.45) is 23.1 Å². The Morgan fingerprint density at radius 3 is 1.88 bits per heavy atom. The third-order valence-electron chi connectivity index (χ3n) is 2.28. The Kier molecular flexibility index (Phi) is 6.88.